The Morgan fingerprint density at radius 1 is 0.905 bits per heavy atom. The monoisotopic (exact) mass is 279 g/mol. The molecule has 21 heavy (non-hydrogen) atoms. The van der Waals surface area contributed by atoms with Gasteiger partial charge in [0, 0.05) is 18.7 Å². The second-order valence-electron chi connectivity index (χ2n) is 5.75. The van der Waals surface area contributed by atoms with Crippen molar-refractivity contribution in [3.63, 3.8) is 0 Å². The van der Waals surface area contributed by atoms with Crippen molar-refractivity contribution in [1.29, 1.82) is 0 Å². The van der Waals surface area contributed by atoms with Gasteiger partial charge in [-0.25, -0.2) is 0 Å². The van der Waals surface area contributed by atoms with Crippen molar-refractivity contribution in [2.24, 2.45) is 0 Å². The lowest BCUT2D eigenvalue weighted by Crippen LogP contribution is -2.35. The Balaban J connectivity index is 1.81. The fourth-order valence-electron chi connectivity index (χ4n) is 2.97. The highest BCUT2D eigenvalue weighted by Crippen LogP contribution is 2.24. The molecule has 1 heterocycles. The quantitative estimate of drug-likeness (QED) is 0.803. The Morgan fingerprint density at radius 3 is 2.24 bits per heavy atom. The van der Waals surface area contributed by atoms with E-state index < -0.39 is 0 Å². The predicted octanol–water partition coefficient (Wildman–Crippen LogP) is 4.29. The van der Waals surface area contributed by atoms with E-state index in [2.05, 4.69) is 37.3 Å². The number of amides is 1. The zero-order valence-electron chi connectivity index (χ0n) is 12.5. The number of piperidine rings is 1. The maximum Gasteiger partial charge on any atom is 0.253 e. The lowest BCUT2D eigenvalue weighted by molar-refractivity contribution is 0.0724. The molecule has 0 N–H and O–H groups in total. The van der Waals surface area contributed by atoms with Gasteiger partial charge in [0.25, 0.3) is 5.91 Å². The summed E-state index contributed by atoms with van der Waals surface area (Å²) in [7, 11) is 0. The molecule has 0 saturated carbocycles. The van der Waals surface area contributed by atoms with Gasteiger partial charge in [-0.05, 0) is 55.0 Å². The van der Waals surface area contributed by atoms with Crippen LogP contribution < -0.4 is 0 Å². The summed E-state index contributed by atoms with van der Waals surface area (Å²) >= 11 is 0. The molecule has 2 aromatic rings. The second kappa shape index (κ2) is 6.13. The molecule has 1 aliphatic heterocycles. The van der Waals surface area contributed by atoms with Crippen LogP contribution in [0.25, 0.3) is 11.1 Å². The Bertz CT molecular complexity index is 624. The van der Waals surface area contributed by atoms with Gasteiger partial charge in [-0.15, -0.1) is 0 Å². The van der Waals surface area contributed by atoms with Crippen molar-refractivity contribution in [2.75, 3.05) is 13.1 Å². The minimum atomic E-state index is 0.172. The van der Waals surface area contributed by atoms with Gasteiger partial charge in [0.05, 0.1) is 0 Å². The van der Waals surface area contributed by atoms with Crippen molar-refractivity contribution in [2.45, 2.75) is 26.2 Å². The zero-order chi connectivity index (χ0) is 14.7. The Labute approximate surface area is 126 Å². The SMILES string of the molecule is Cc1ccccc1-c1ccc(C(=O)N2CCCCC2)cc1. The minimum absolute atomic E-state index is 0.172. The number of benzene rings is 2. The number of likely N-dealkylation sites (tertiary alicyclic amines) is 1. The van der Waals surface area contributed by atoms with E-state index in [4.69, 9.17) is 0 Å². The molecule has 108 valence electrons. The zero-order valence-corrected chi connectivity index (χ0v) is 12.5. The van der Waals surface area contributed by atoms with E-state index in [-0.39, 0.29) is 5.91 Å². The summed E-state index contributed by atoms with van der Waals surface area (Å²) in [5.41, 5.74) is 4.46. The number of nitrogens with zero attached hydrogens (tertiary/aromatic N) is 1. The standard InChI is InChI=1S/C19H21NO/c1-15-7-3-4-8-18(15)16-9-11-17(12-10-16)19(21)20-13-5-2-6-14-20/h3-4,7-12H,2,5-6,13-14H2,1H3. The summed E-state index contributed by atoms with van der Waals surface area (Å²) < 4.78 is 0. The maximum absolute atomic E-state index is 12.4. The fourth-order valence-corrected chi connectivity index (χ4v) is 2.97. The third kappa shape index (κ3) is 2.99. The number of aryl methyl sites for hydroxylation is 1. The summed E-state index contributed by atoms with van der Waals surface area (Å²) in [5, 5.41) is 0. The highest BCUT2D eigenvalue weighted by atomic mass is 16.2. The van der Waals surface area contributed by atoms with Crippen molar-refractivity contribution >= 4 is 5.91 Å². The van der Waals surface area contributed by atoms with Crippen LogP contribution in [0.2, 0.25) is 0 Å². The van der Waals surface area contributed by atoms with Crippen molar-refractivity contribution in [3.8, 4) is 11.1 Å². The molecule has 2 nitrogen and oxygen atoms in total. The Morgan fingerprint density at radius 2 is 1.57 bits per heavy atom. The van der Waals surface area contributed by atoms with Crippen LogP contribution in [-0.2, 0) is 0 Å². The number of carbonyl (C=O) groups excluding carboxylic acids is 1. The van der Waals surface area contributed by atoms with Crippen molar-refractivity contribution < 1.29 is 4.79 Å². The van der Waals surface area contributed by atoms with Crippen LogP contribution in [-0.4, -0.2) is 23.9 Å². The van der Waals surface area contributed by atoms with Crippen LogP contribution in [0.1, 0.15) is 35.2 Å². The molecule has 0 aliphatic carbocycles. The van der Waals surface area contributed by atoms with Crippen LogP contribution in [0.15, 0.2) is 48.5 Å². The molecule has 1 saturated heterocycles. The molecule has 1 fully saturated rings. The van der Waals surface area contributed by atoms with E-state index in [1.807, 2.05) is 23.1 Å². The van der Waals surface area contributed by atoms with Crippen LogP contribution in [0.5, 0.6) is 0 Å². The number of carbonyl (C=O) groups is 1. The van der Waals surface area contributed by atoms with Crippen molar-refractivity contribution in [3.05, 3.63) is 59.7 Å². The average molecular weight is 279 g/mol. The number of hydrogen-bond acceptors (Lipinski definition) is 1. The minimum Gasteiger partial charge on any atom is -0.339 e. The summed E-state index contributed by atoms with van der Waals surface area (Å²) in [6.07, 6.45) is 3.51. The first-order valence-electron chi connectivity index (χ1n) is 7.71. The number of hydrogen-bond donors (Lipinski definition) is 0. The van der Waals surface area contributed by atoms with Gasteiger partial charge in [0.15, 0.2) is 0 Å². The van der Waals surface area contributed by atoms with Crippen LogP contribution in [0.4, 0.5) is 0 Å². The van der Waals surface area contributed by atoms with E-state index in [0.29, 0.717) is 0 Å². The van der Waals surface area contributed by atoms with Gasteiger partial charge in [-0.1, -0.05) is 36.4 Å². The van der Waals surface area contributed by atoms with Gasteiger partial charge >= 0.3 is 0 Å². The molecule has 0 radical (unpaired) electrons. The molecule has 2 aromatic carbocycles. The van der Waals surface area contributed by atoms with Crippen LogP contribution in [0.3, 0.4) is 0 Å². The van der Waals surface area contributed by atoms with Gasteiger partial charge in [-0.2, -0.15) is 0 Å². The topological polar surface area (TPSA) is 20.3 Å². The first-order valence-corrected chi connectivity index (χ1v) is 7.71. The van der Waals surface area contributed by atoms with Gasteiger partial charge < -0.3 is 4.90 Å². The van der Waals surface area contributed by atoms with E-state index in [9.17, 15) is 4.79 Å². The molecule has 0 bridgehead atoms. The smallest absolute Gasteiger partial charge is 0.253 e. The predicted molar refractivity (Wildman–Crippen MR) is 86.4 cm³/mol. The van der Waals surface area contributed by atoms with Crippen molar-refractivity contribution in [1.82, 2.24) is 4.90 Å². The second-order valence-corrected chi connectivity index (χ2v) is 5.75. The third-order valence-corrected chi connectivity index (χ3v) is 4.23. The van der Waals surface area contributed by atoms with Crippen LogP contribution in [0, 0.1) is 6.92 Å². The van der Waals surface area contributed by atoms with Gasteiger partial charge in [0.2, 0.25) is 0 Å². The van der Waals surface area contributed by atoms with E-state index in [0.717, 1.165) is 31.5 Å². The lowest BCUT2D eigenvalue weighted by atomic mass is 9.99. The molecule has 0 unspecified atom stereocenters. The summed E-state index contributed by atoms with van der Waals surface area (Å²) in [5.74, 6) is 0.172. The Kier molecular flexibility index (Phi) is 4.05. The number of rotatable bonds is 2. The van der Waals surface area contributed by atoms with E-state index in [1.54, 1.807) is 0 Å². The summed E-state index contributed by atoms with van der Waals surface area (Å²) in [4.78, 5) is 14.4. The third-order valence-electron chi connectivity index (χ3n) is 4.23. The van der Waals surface area contributed by atoms with E-state index >= 15 is 0 Å². The molecule has 1 aliphatic rings. The highest BCUT2D eigenvalue weighted by molar-refractivity contribution is 5.94. The van der Waals surface area contributed by atoms with E-state index in [1.165, 1.54) is 23.1 Å². The molecular formula is C19H21NO. The molecule has 0 spiro atoms. The maximum atomic E-state index is 12.4. The fraction of sp³-hybridized carbons (Fsp3) is 0.316. The molecule has 0 aromatic heterocycles. The highest BCUT2D eigenvalue weighted by Gasteiger charge is 2.17. The molecule has 2 heteroatoms. The summed E-state index contributed by atoms with van der Waals surface area (Å²) in [6.45, 7) is 3.92. The molecule has 0 atom stereocenters. The lowest BCUT2D eigenvalue weighted by Gasteiger charge is -2.26. The molecule has 1 amide bonds. The van der Waals surface area contributed by atoms with Gasteiger partial charge in [-0.3, -0.25) is 4.79 Å². The van der Waals surface area contributed by atoms with Crippen LogP contribution >= 0.6 is 0 Å². The normalized spacial score (nSPS) is 15.0. The summed E-state index contributed by atoms with van der Waals surface area (Å²) in [6, 6.07) is 16.4. The first kappa shape index (κ1) is 13.9. The largest absolute Gasteiger partial charge is 0.339 e. The first-order chi connectivity index (χ1) is 10.3. The van der Waals surface area contributed by atoms with Gasteiger partial charge in [0.1, 0.15) is 0 Å². The Hall–Kier alpha value is -2.09. The average Bonchev–Trinajstić information content (AvgIpc) is 2.56. The molecular weight excluding hydrogens is 258 g/mol. The molecule has 3 rings (SSSR count).